The molecule has 0 fully saturated rings. The maximum absolute atomic E-state index is 16.9. The fourth-order valence-electron chi connectivity index (χ4n) is 14.4. The second-order valence-electron chi connectivity index (χ2n) is 24.4. The average molecular weight is 1220 g/mol. The predicted molar refractivity (Wildman–Crippen MR) is 371 cm³/mol. The van der Waals surface area contributed by atoms with Gasteiger partial charge in [-0.1, -0.05) is 225 Å². The number of aryl methyl sites for hydroxylation is 2. The molecule has 5 atom stereocenters. The Hall–Kier alpha value is -9.68. The molecule has 13 rings (SSSR count). The van der Waals surface area contributed by atoms with Crippen molar-refractivity contribution in [1.29, 1.82) is 0 Å². The molecule has 10 aromatic rings. The van der Waals surface area contributed by atoms with E-state index < -0.39 is 46.0 Å². The Kier molecular flexibility index (Phi) is 16.1. The second kappa shape index (κ2) is 24.3. The topological polar surface area (TPSA) is 6.48 Å². The number of benzene rings is 10. The molecule has 10 aromatic carbocycles. The first-order valence-corrected chi connectivity index (χ1v) is 31.4. The van der Waals surface area contributed by atoms with Crippen molar-refractivity contribution in [2.24, 2.45) is 5.92 Å². The first kappa shape index (κ1) is 60.2. The van der Waals surface area contributed by atoms with Crippen molar-refractivity contribution in [3.05, 3.63) is 357 Å². The molecule has 2 nitrogen and oxygen atoms in total. The van der Waals surface area contributed by atoms with E-state index in [1.807, 2.05) is 83.8 Å². The van der Waals surface area contributed by atoms with Crippen LogP contribution in [0.4, 0.5) is 50.4 Å². The van der Waals surface area contributed by atoms with E-state index in [1.54, 1.807) is 17.0 Å². The normalized spacial score (nSPS) is 17.4. The van der Waals surface area contributed by atoms with Crippen LogP contribution in [0.25, 0.3) is 34.4 Å². The van der Waals surface area contributed by atoms with Gasteiger partial charge < -0.3 is 9.80 Å². The highest BCUT2D eigenvalue weighted by molar-refractivity contribution is 7.27. The zero-order valence-corrected chi connectivity index (χ0v) is 52.7. The van der Waals surface area contributed by atoms with Crippen LogP contribution in [-0.4, -0.2) is 6.04 Å². The fraction of sp³-hybridized carbons (Fsp3) is 0.133. The van der Waals surface area contributed by atoms with E-state index in [4.69, 9.17) is 0 Å². The van der Waals surface area contributed by atoms with E-state index in [0.717, 1.165) is 113 Å². The number of nitrogens with zero attached hydrogens (tertiary/aromatic N) is 2. The highest BCUT2D eigenvalue weighted by Crippen LogP contribution is 2.60. The van der Waals surface area contributed by atoms with Crippen molar-refractivity contribution in [2.45, 2.75) is 64.3 Å². The molecule has 91 heavy (non-hydrogen) atoms. The monoisotopic (exact) mass is 1220 g/mol. The molecule has 0 amide bonds. The van der Waals surface area contributed by atoms with Gasteiger partial charge in [0.05, 0.1) is 28.2 Å². The van der Waals surface area contributed by atoms with Crippen LogP contribution in [0.2, 0.25) is 0 Å². The van der Waals surface area contributed by atoms with Crippen molar-refractivity contribution in [1.82, 2.24) is 0 Å². The minimum atomic E-state index is -1.57. The maximum atomic E-state index is 16.9. The molecule has 0 radical (unpaired) electrons. The molecule has 5 unspecified atom stereocenters. The summed E-state index contributed by atoms with van der Waals surface area (Å²) < 4.78 is 80.3. The Morgan fingerprint density at radius 3 is 1.80 bits per heavy atom. The van der Waals surface area contributed by atoms with Gasteiger partial charge in [-0.25, -0.2) is 22.0 Å². The average Bonchev–Trinajstić information content (AvgIpc) is 1.60. The summed E-state index contributed by atoms with van der Waals surface area (Å²) in [6.07, 6.45) is 14.2. The number of anilines is 5. The van der Waals surface area contributed by atoms with E-state index in [-0.39, 0.29) is 22.6 Å². The van der Waals surface area contributed by atoms with Gasteiger partial charge in [-0.05, 0) is 191 Å². The van der Waals surface area contributed by atoms with Gasteiger partial charge in [-0.3, -0.25) is 0 Å². The molecule has 0 saturated carbocycles. The van der Waals surface area contributed by atoms with Crippen molar-refractivity contribution in [2.75, 3.05) is 9.80 Å². The Bertz CT molecular complexity index is 4640. The lowest BCUT2D eigenvalue weighted by Gasteiger charge is -2.43. The third-order valence-corrected chi connectivity index (χ3v) is 19.4. The van der Waals surface area contributed by atoms with Gasteiger partial charge in [0.15, 0.2) is 29.1 Å². The fourth-order valence-corrected chi connectivity index (χ4v) is 14.6. The smallest absolute Gasteiger partial charge is 0.196 e. The highest BCUT2D eigenvalue weighted by atomic mass is 31.0. The maximum Gasteiger partial charge on any atom is 0.196 e. The number of halogens is 5. The largest absolute Gasteiger partial charge is 0.332 e. The van der Waals surface area contributed by atoms with Crippen molar-refractivity contribution >= 4 is 55.1 Å². The SMILES string of the molecule is C=Cc1ccc(C(C2=CC(N(c3ccc(-c4ccc(N(c5ccc6c(c5)C(C5=CC(C)CC=C5C)(c5ccc(C=C)cc5)c5ccccc5-6)c5ccc(F)c(F)c5F)cc4)cc3)c3ccc(P)c(F)c3F)CC=C2C)(c2ccccc2)c2cc(C)ccc2C)cc1. The Labute approximate surface area is 533 Å². The van der Waals surface area contributed by atoms with Crippen LogP contribution in [0, 0.1) is 48.9 Å². The predicted octanol–water partition coefficient (Wildman–Crippen LogP) is 22.0. The number of fused-ring (bicyclic) bond motifs is 3. The van der Waals surface area contributed by atoms with E-state index in [0.29, 0.717) is 23.5 Å². The van der Waals surface area contributed by atoms with E-state index >= 15 is 17.6 Å². The van der Waals surface area contributed by atoms with Crippen molar-refractivity contribution in [3.63, 3.8) is 0 Å². The molecule has 8 heteroatoms. The molecule has 0 saturated heterocycles. The molecular weight excluding hydrogens is 1150 g/mol. The van der Waals surface area contributed by atoms with Gasteiger partial charge >= 0.3 is 0 Å². The quantitative estimate of drug-likeness (QED) is 0.0437. The lowest BCUT2D eigenvalue weighted by Crippen LogP contribution is -2.38. The van der Waals surface area contributed by atoms with Crippen molar-refractivity contribution in [3.8, 4) is 22.3 Å². The van der Waals surface area contributed by atoms with Crippen LogP contribution in [0.1, 0.15) is 89.2 Å². The van der Waals surface area contributed by atoms with Crippen LogP contribution in [0.3, 0.4) is 0 Å². The van der Waals surface area contributed by atoms with Crippen molar-refractivity contribution < 1.29 is 22.0 Å². The summed E-state index contributed by atoms with van der Waals surface area (Å²) in [5.41, 5.74) is 18.5. The molecule has 3 aliphatic carbocycles. The van der Waals surface area contributed by atoms with Gasteiger partial charge in [0.2, 0.25) is 0 Å². The molecule has 0 heterocycles. The molecule has 0 aliphatic heterocycles. The van der Waals surface area contributed by atoms with E-state index in [2.05, 4.69) is 203 Å². The lowest BCUT2D eigenvalue weighted by molar-refractivity contribution is 0.448. The Morgan fingerprint density at radius 2 is 1.11 bits per heavy atom. The number of hydrogen-bond acceptors (Lipinski definition) is 2. The summed E-state index contributed by atoms with van der Waals surface area (Å²) >= 11 is 0. The molecular formula is C83H68F5N2P. The van der Waals surface area contributed by atoms with Gasteiger partial charge in [0, 0.05) is 22.4 Å². The highest BCUT2D eigenvalue weighted by Gasteiger charge is 2.49. The lowest BCUT2D eigenvalue weighted by atomic mass is 9.60. The standard InChI is InChI=1S/C83H68F5N2P/c1-8-56-24-32-61(33-25-56)82(60-15-11-10-12-16-60,70-47-51(3)19-21-53(70)5)72-49-65(36-23-55(72)7)89(76-45-46-77(91)81(88)80(76)87)63-37-28-58(29-38-63)59-30-39-64(40-31-59)90(75-44-43-74(84)78(85)79(75)86)66-41-42-68-67-17-13-14-18-69(67)83(73(68)50-66,62-34-26-57(9-2)27-35-62)71-48-52(4)20-22-54(71)6/h8-19,21-35,37-50,52,65H,1-2,20,36,91H2,3-7H3. The van der Waals surface area contributed by atoms with Gasteiger partial charge in [0.25, 0.3) is 0 Å². The first-order valence-electron chi connectivity index (χ1n) is 30.9. The molecule has 0 bridgehead atoms. The summed E-state index contributed by atoms with van der Waals surface area (Å²) in [4.78, 5) is 3.55. The summed E-state index contributed by atoms with van der Waals surface area (Å²) in [6, 6.07) is 68.9. The second-order valence-corrected chi connectivity index (χ2v) is 25.0. The molecule has 0 spiro atoms. The van der Waals surface area contributed by atoms with Gasteiger partial charge in [-0.15, -0.1) is 9.24 Å². The molecule has 0 N–H and O–H groups in total. The van der Waals surface area contributed by atoms with Gasteiger partial charge in [-0.2, -0.15) is 0 Å². The third kappa shape index (κ3) is 10.2. The number of rotatable bonds is 15. The third-order valence-electron chi connectivity index (χ3n) is 18.9. The van der Waals surface area contributed by atoms with E-state index in [9.17, 15) is 4.39 Å². The van der Waals surface area contributed by atoms with Crippen LogP contribution in [0.5, 0.6) is 0 Å². The molecule has 0 aromatic heterocycles. The number of allylic oxidation sites excluding steroid dienone is 6. The summed E-state index contributed by atoms with van der Waals surface area (Å²) in [7, 11) is 2.31. The minimum absolute atomic E-state index is 0.0844. The zero-order valence-electron chi connectivity index (χ0n) is 51.5. The van der Waals surface area contributed by atoms with Crippen LogP contribution in [-0.2, 0) is 10.8 Å². The first-order chi connectivity index (χ1) is 44.1. The van der Waals surface area contributed by atoms with Crippen LogP contribution >= 0.6 is 9.24 Å². The minimum Gasteiger partial charge on any atom is -0.332 e. The van der Waals surface area contributed by atoms with E-state index in [1.165, 1.54) is 6.07 Å². The Morgan fingerprint density at radius 1 is 0.516 bits per heavy atom. The van der Waals surface area contributed by atoms with Gasteiger partial charge in [0.1, 0.15) is 0 Å². The number of hydrogen-bond donors (Lipinski definition) is 0. The summed E-state index contributed by atoms with van der Waals surface area (Å²) in [5, 5.41) is 0.117. The molecule has 450 valence electrons. The molecule has 3 aliphatic rings. The summed E-state index contributed by atoms with van der Waals surface area (Å²) in [6.45, 7) is 18.9. The summed E-state index contributed by atoms with van der Waals surface area (Å²) in [5.74, 6) is -5.86. The van der Waals surface area contributed by atoms with Crippen LogP contribution in [0.15, 0.2) is 272 Å². The zero-order chi connectivity index (χ0) is 63.5. The Balaban J connectivity index is 0.929. The van der Waals surface area contributed by atoms with Crippen LogP contribution < -0.4 is 15.1 Å².